The molecule has 0 amide bonds. The molecule has 0 unspecified atom stereocenters. The van der Waals surface area contributed by atoms with Crippen LogP contribution in [0.2, 0.25) is 0 Å². The van der Waals surface area contributed by atoms with Crippen molar-refractivity contribution in [3.63, 3.8) is 0 Å². The highest BCUT2D eigenvalue weighted by Gasteiger charge is 2.13. The predicted molar refractivity (Wildman–Crippen MR) is 69.5 cm³/mol. The summed E-state index contributed by atoms with van der Waals surface area (Å²) in [5, 5.41) is 18.1. The molecule has 5 heteroatoms. The van der Waals surface area contributed by atoms with Gasteiger partial charge in [0, 0.05) is 12.7 Å². The molecular formula is C14H12FNO3. The van der Waals surface area contributed by atoms with Crippen molar-refractivity contribution < 1.29 is 19.4 Å². The number of phenols is 1. The number of anilines is 2. The predicted octanol–water partition coefficient (Wildman–Crippen LogP) is 3.00. The zero-order valence-corrected chi connectivity index (χ0v) is 10.2. The molecule has 98 valence electrons. The highest BCUT2D eigenvalue weighted by molar-refractivity contribution is 5.89. The first kappa shape index (κ1) is 12.9. The van der Waals surface area contributed by atoms with Crippen LogP contribution in [0.4, 0.5) is 15.8 Å². The molecule has 2 aromatic carbocycles. The molecule has 19 heavy (non-hydrogen) atoms. The van der Waals surface area contributed by atoms with Gasteiger partial charge in [0.2, 0.25) is 0 Å². The number of benzene rings is 2. The summed E-state index contributed by atoms with van der Waals surface area (Å²) in [6.07, 6.45) is 0. The molecule has 0 radical (unpaired) electrons. The van der Waals surface area contributed by atoms with Gasteiger partial charge < -0.3 is 15.1 Å². The van der Waals surface area contributed by atoms with E-state index in [4.69, 9.17) is 5.11 Å². The van der Waals surface area contributed by atoms with E-state index in [1.165, 1.54) is 29.2 Å². The molecule has 0 saturated heterocycles. The number of phenolic OH excluding ortho intramolecular Hbond substituents is 1. The average molecular weight is 261 g/mol. The Morgan fingerprint density at radius 1 is 1.16 bits per heavy atom. The molecule has 0 atom stereocenters. The van der Waals surface area contributed by atoms with Crippen LogP contribution in [0.1, 0.15) is 10.4 Å². The number of carbonyl (C=O) groups is 1. The zero-order chi connectivity index (χ0) is 14.0. The van der Waals surface area contributed by atoms with Crippen LogP contribution in [0.5, 0.6) is 5.75 Å². The fourth-order valence-electron chi connectivity index (χ4n) is 1.72. The Labute approximate surface area is 109 Å². The Morgan fingerprint density at radius 2 is 1.79 bits per heavy atom. The SMILES string of the molecule is CN(c1ccc(O)cc1)c1cc(C(=O)O)ccc1F. The molecule has 0 spiro atoms. The maximum Gasteiger partial charge on any atom is 0.335 e. The van der Waals surface area contributed by atoms with Gasteiger partial charge in [0.15, 0.2) is 0 Å². The van der Waals surface area contributed by atoms with Crippen LogP contribution >= 0.6 is 0 Å². The van der Waals surface area contributed by atoms with Gasteiger partial charge in [-0.3, -0.25) is 0 Å². The van der Waals surface area contributed by atoms with Gasteiger partial charge in [0.1, 0.15) is 11.6 Å². The average Bonchev–Trinajstić information content (AvgIpc) is 2.39. The number of hydrogen-bond donors (Lipinski definition) is 2. The Bertz CT molecular complexity index is 611. The van der Waals surface area contributed by atoms with Gasteiger partial charge in [0.25, 0.3) is 0 Å². The van der Waals surface area contributed by atoms with E-state index in [1.54, 1.807) is 19.2 Å². The van der Waals surface area contributed by atoms with Gasteiger partial charge in [0.05, 0.1) is 11.3 Å². The first-order valence-corrected chi connectivity index (χ1v) is 5.54. The van der Waals surface area contributed by atoms with Crippen LogP contribution < -0.4 is 4.90 Å². The third-order valence-corrected chi connectivity index (χ3v) is 2.79. The van der Waals surface area contributed by atoms with Crippen molar-refractivity contribution in [2.45, 2.75) is 0 Å². The van der Waals surface area contributed by atoms with Crippen molar-refractivity contribution >= 4 is 17.3 Å². The third kappa shape index (κ3) is 2.65. The maximum absolute atomic E-state index is 13.8. The van der Waals surface area contributed by atoms with Crippen LogP contribution in [0.3, 0.4) is 0 Å². The van der Waals surface area contributed by atoms with Crippen LogP contribution in [0, 0.1) is 5.82 Å². The molecule has 0 aliphatic rings. The lowest BCUT2D eigenvalue weighted by Crippen LogP contribution is -2.12. The lowest BCUT2D eigenvalue weighted by molar-refractivity contribution is 0.0697. The second kappa shape index (κ2) is 4.97. The number of halogens is 1. The van der Waals surface area contributed by atoms with E-state index in [0.717, 1.165) is 6.07 Å². The van der Waals surface area contributed by atoms with Crippen LogP contribution in [0.25, 0.3) is 0 Å². The quantitative estimate of drug-likeness (QED) is 0.891. The molecule has 2 aromatic rings. The molecule has 0 aromatic heterocycles. The Morgan fingerprint density at radius 3 is 2.37 bits per heavy atom. The van der Waals surface area contributed by atoms with E-state index < -0.39 is 11.8 Å². The standard InChI is InChI=1S/C14H12FNO3/c1-16(10-3-5-11(17)6-4-10)13-8-9(14(18)19)2-7-12(13)15/h2-8,17H,1H3,(H,18,19). The van der Waals surface area contributed by atoms with Crippen LogP contribution in [0.15, 0.2) is 42.5 Å². The summed E-state index contributed by atoms with van der Waals surface area (Å²) in [7, 11) is 1.62. The molecular weight excluding hydrogens is 249 g/mol. The monoisotopic (exact) mass is 261 g/mol. The fourth-order valence-corrected chi connectivity index (χ4v) is 1.72. The molecule has 0 aliphatic heterocycles. The van der Waals surface area contributed by atoms with Crippen LogP contribution in [-0.2, 0) is 0 Å². The molecule has 0 saturated carbocycles. The number of nitrogens with zero attached hydrogens (tertiary/aromatic N) is 1. The van der Waals surface area contributed by atoms with E-state index in [2.05, 4.69) is 0 Å². The second-order valence-electron chi connectivity index (χ2n) is 4.05. The van der Waals surface area contributed by atoms with Crippen molar-refractivity contribution in [1.29, 1.82) is 0 Å². The van der Waals surface area contributed by atoms with Crippen molar-refractivity contribution in [3.8, 4) is 5.75 Å². The number of carboxylic acid groups (broad SMARTS) is 1. The normalized spacial score (nSPS) is 10.2. The summed E-state index contributed by atoms with van der Waals surface area (Å²) in [6, 6.07) is 9.78. The Balaban J connectivity index is 2.42. The molecule has 2 rings (SSSR count). The van der Waals surface area contributed by atoms with Gasteiger partial charge in [-0.25, -0.2) is 9.18 Å². The highest BCUT2D eigenvalue weighted by Crippen LogP contribution is 2.28. The van der Waals surface area contributed by atoms with Gasteiger partial charge in [-0.2, -0.15) is 0 Å². The van der Waals surface area contributed by atoms with Crippen molar-refractivity contribution in [3.05, 3.63) is 53.8 Å². The number of carboxylic acids is 1. The fraction of sp³-hybridized carbons (Fsp3) is 0.0714. The summed E-state index contributed by atoms with van der Waals surface area (Å²) in [5.41, 5.74) is 0.812. The second-order valence-corrected chi connectivity index (χ2v) is 4.05. The Hall–Kier alpha value is -2.56. The minimum atomic E-state index is -1.11. The van der Waals surface area contributed by atoms with Crippen molar-refractivity contribution in [1.82, 2.24) is 0 Å². The van der Waals surface area contributed by atoms with E-state index in [9.17, 15) is 14.3 Å². The summed E-state index contributed by atoms with van der Waals surface area (Å²) < 4.78 is 13.8. The van der Waals surface area contributed by atoms with E-state index >= 15 is 0 Å². The summed E-state index contributed by atoms with van der Waals surface area (Å²) in [5.74, 6) is -1.52. The lowest BCUT2D eigenvalue weighted by Gasteiger charge is -2.20. The van der Waals surface area contributed by atoms with Crippen molar-refractivity contribution in [2.75, 3.05) is 11.9 Å². The zero-order valence-electron chi connectivity index (χ0n) is 10.2. The van der Waals surface area contributed by atoms with E-state index in [0.29, 0.717) is 5.69 Å². The van der Waals surface area contributed by atoms with Gasteiger partial charge in [-0.1, -0.05) is 0 Å². The summed E-state index contributed by atoms with van der Waals surface area (Å²) in [6.45, 7) is 0. The lowest BCUT2D eigenvalue weighted by atomic mass is 10.1. The molecule has 4 nitrogen and oxygen atoms in total. The van der Waals surface area contributed by atoms with Gasteiger partial charge >= 0.3 is 5.97 Å². The highest BCUT2D eigenvalue weighted by atomic mass is 19.1. The summed E-state index contributed by atoms with van der Waals surface area (Å²) >= 11 is 0. The number of hydrogen-bond acceptors (Lipinski definition) is 3. The molecule has 0 heterocycles. The van der Waals surface area contributed by atoms with E-state index in [-0.39, 0.29) is 17.0 Å². The molecule has 0 fully saturated rings. The Kier molecular flexibility index (Phi) is 3.37. The minimum Gasteiger partial charge on any atom is -0.508 e. The largest absolute Gasteiger partial charge is 0.508 e. The van der Waals surface area contributed by atoms with E-state index in [1.807, 2.05) is 0 Å². The van der Waals surface area contributed by atoms with Gasteiger partial charge in [-0.15, -0.1) is 0 Å². The first-order valence-electron chi connectivity index (χ1n) is 5.54. The summed E-state index contributed by atoms with van der Waals surface area (Å²) in [4.78, 5) is 12.4. The number of rotatable bonds is 3. The number of aromatic hydroxyl groups is 1. The molecule has 2 N–H and O–H groups in total. The molecule has 0 bridgehead atoms. The topological polar surface area (TPSA) is 60.8 Å². The third-order valence-electron chi connectivity index (χ3n) is 2.79. The first-order chi connectivity index (χ1) is 8.99. The van der Waals surface area contributed by atoms with Crippen LogP contribution in [-0.4, -0.2) is 23.2 Å². The van der Waals surface area contributed by atoms with Gasteiger partial charge in [-0.05, 0) is 42.5 Å². The number of aromatic carboxylic acids is 1. The smallest absolute Gasteiger partial charge is 0.335 e. The van der Waals surface area contributed by atoms with Crippen molar-refractivity contribution in [2.24, 2.45) is 0 Å². The maximum atomic E-state index is 13.8. The molecule has 0 aliphatic carbocycles. The minimum absolute atomic E-state index is 0.0158.